The monoisotopic (exact) mass is 362 g/mol. The first-order valence-electron chi connectivity index (χ1n) is 9.25. The van der Waals surface area contributed by atoms with Gasteiger partial charge in [-0.05, 0) is 61.5 Å². The highest BCUT2D eigenvalue weighted by molar-refractivity contribution is 7.98. The van der Waals surface area contributed by atoms with Gasteiger partial charge in [0.05, 0.1) is 7.11 Å². The molecule has 1 aromatic rings. The van der Waals surface area contributed by atoms with E-state index in [0.717, 1.165) is 29.1 Å². The number of hydrogen-bond acceptors (Lipinski definition) is 4. The van der Waals surface area contributed by atoms with Crippen LogP contribution < -0.4 is 10.5 Å². The normalized spacial score (nSPS) is 28.5. The molecule has 4 nitrogen and oxygen atoms in total. The van der Waals surface area contributed by atoms with Crippen LogP contribution in [-0.2, 0) is 11.3 Å². The number of fused-ring (bicyclic) bond motifs is 2. The quantitative estimate of drug-likeness (QED) is 0.814. The third-order valence-electron chi connectivity index (χ3n) is 6.01. The Morgan fingerprint density at radius 1 is 1.32 bits per heavy atom. The van der Waals surface area contributed by atoms with Gasteiger partial charge in [0.15, 0.2) is 0 Å². The Hall–Kier alpha value is -1.20. The van der Waals surface area contributed by atoms with Crippen molar-refractivity contribution in [3.8, 4) is 5.75 Å². The zero-order chi connectivity index (χ0) is 18.0. The minimum absolute atomic E-state index is 0.146. The maximum absolute atomic E-state index is 13.0. The van der Waals surface area contributed by atoms with Crippen LogP contribution in [0.15, 0.2) is 23.1 Å². The van der Waals surface area contributed by atoms with E-state index < -0.39 is 0 Å². The Morgan fingerprint density at radius 3 is 2.60 bits per heavy atom. The van der Waals surface area contributed by atoms with Gasteiger partial charge < -0.3 is 15.4 Å². The SMILES string of the molecule is COc1cc(CN(C)C(=O)C2CC3CCCC(C2)C3N)ccc1SC. The summed E-state index contributed by atoms with van der Waals surface area (Å²) in [6.07, 6.45) is 7.64. The molecule has 0 heterocycles. The zero-order valence-electron chi connectivity index (χ0n) is 15.5. The minimum Gasteiger partial charge on any atom is -0.496 e. The standard InChI is InChI=1S/C20H30N2O2S/c1-22(12-13-7-8-18(25-3)17(9-13)24-2)20(23)16-10-14-5-4-6-15(11-16)19(14)21/h7-9,14-16,19H,4-6,10-12,21H2,1-3H3. The lowest BCUT2D eigenvalue weighted by Crippen LogP contribution is -2.49. The number of thioether (sulfide) groups is 1. The summed E-state index contributed by atoms with van der Waals surface area (Å²) in [6.45, 7) is 0.627. The van der Waals surface area contributed by atoms with Crippen molar-refractivity contribution >= 4 is 17.7 Å². The topological polar surface area (TPSA) is 55.6 Å². The number of amides is 1. The second-order valence-electron chi connectivity index (χ2n) is 7.58. The highest BCUT2D eigenvalue weighted by Gasteiger charge is 2.41. The Bertz CT molecular complexity index is 608. The van der Waals surface area contributed by atoms with Crippen molar-refractivity contribution in [1.82, 2.24) is 4.90 Å². The molecule has 2 aliphatic rings. The summed E-state index contributed by atoms with van der Waals surface area (Å²) in [5, 5.41) is 0. The molecule has 2 N–H and O–H groups in total. The van der Waals surface area contributed by atoms with Crippen LogP contribution in [0.4, 0.5) is 0 Å². The fourth-order valence-electron chi connectivity index (χ4n) is 4.63. The molecule has 25 heavy (non-hydrogen) atoms. The Kier molecular flexibility index (Phi) is 5.95. The van der Waals surface area contributed by atoms with E-state index >= 15 is 0 Å². The number of hydrogen-bond donors (Lipinski definition) is 1. The predicted octanol–water partition coefficient (Wildman–Crippen LogP) is 3.53. The smallest absolute Gasteiger partial charge is 0.225 e. The van der Waals surface area contributed by atoms with E-state index in [2.05, 4.69) is 12.1 Å². The summed E-state index contributed by atoms with van der Waals surface area (Å²) in [7, 11) is 3.61. The van der Waals surface area contributed by atoms with Crippen molar-refractivity contribution in [2.24, 2.45) is 23.5 Å². The summed E-state index contributed by atoms with van der Waals surface area (Å²) in [6, 6.07) is 6.51. The van der Waals surface area contributed by atoms with Crippen molar-refractivity contribution in [1.29, 1.82) is 0 Å². The molecular formula is C20H30N2O2S. The largest absolute Gasteiger partial charge is 0.496 e. The van der Waals surface area contributed by atoms with Crippen LogP contribution in [0, 0.1) is 17.8 Å². The van der Waals surface area contributed by atoms with Crippen molar-refractivity contribution in [2.45, 2.75) is 49.6 Å². The Balaban J connectivity index is 1.65. The molecule has 0 aliphatic heterocycles. The van der Waals surface area contributed by atoms with Gasteiger partial charge in [0.1, 0.15) is 5.75 Å². The average Bonchev–Trinajstić information content (AvgIpc) is 2.60. The van der Waals surface area contributed by atoms with Gasteiger partial charge >= 0.3 is 0 Å². The van der Waals surface area contributed by atoms with Crippen LogP contribution in [0.2, 0.25) is 0 Å². The van der Waals surface area contributed by atoms with Gasteiger partial charge in [-0.25, -0.2) is 0 Å². The summed E-state index contributed by atoms with van der Waals surface area (Å²) in [5.74, 6) is 2.37. The van der Waals surface area contributed by atoms with Crippen LogP contribution in [0.5, 0.6) is 5.75 Å². The van der Waals surface area contributed by atoms with Gasteiger partial charge in [-0.2, -0.15) is 0 Å². The summed E-state index contributed by atoms with van der Waals surface area (Å²) < 4.78 is 5.46. The number of carbonyl (C=O) groups excluding carboxylic acids is 1. The van der Waals surface area contributed by atoms with E-state index in [1.807, 2.05) is 24.3 Å². The molecule has 2 fully saturated rings. The molecule has 0 saturated heterocycles. The van der Waals surface area contributed by atoms with E-state index in [4.69, 9.17) is 10.5 Å². The number of methoxy groups -OCH3 is 1. The summed E-state index contributed by atoms with van der Waals surface area (Å²) >= 11 is 1.67. The summed E-state index contributed by atoms with van der Waals surface area (Å²) in [5.41, 5.74) is 7.47. The first-order valence-corrected chi connectivity index (χ1v) is 10.5. The van der Waals surface area contributed by atoms with Gasteiger partial charge in [-0.15, -0.1) is 11.8 Å². The molecule has 2 atom stereocenters. The van der Waals surface area contributed by atoms with Crippen LogP contribution in [0.25, 0.3) is 0 Å². The fraction of sp³-hybridized carbons (Fsp3) is 0.650. The maximum Gasteiger partial charge on any atom is 0.225 e. The zero-order valence-corrected chi connectivity index (χ0v) is 16.3. The van der Waals surface area contributed by atoms with Crippen molar-refractivity contribution in [3.63, 3.8) is 0 Å². The van der Waals surface area contributed by atoms with Crippen LogP contribution in [0.3, 0.4) is 0 Å². The van der Waals surface area contributed by atoms with Crippen molar-refractivity contribution < 1.29 is 9.53 Å². The molecule has 3 rings (SSSR count). The lowest BCUT2D eigenvalue weighted by molar-refractivity contribution is -0.137. The third kappa shape index (κ3) is 3.98. The molecule has 1 amide bonds. The molecular weight excluding hydrogens is 332 g/mol. The van der Waals surface area contributed by atoms with E-state index in [1.165, 1.54) is 19.3 Å². The third-order valence-corrected chi connectivity index (χ3v) is 6.78. The predicted molar refractivity (Wildman–Crippen MR) is 103 cm³/mol. The van der Waals surface area contributed by atoms with E-state index in [-0.39, 0.29) is 11.8 Å². The van der Waals surface area contributed by atoms with Crippen molar-refractivity contribution in [2.75, 3.05) is 20.4 Å². The Morgan fingerprint density at radius 2 is 2.00 bits per heavy atom. The average molecular weight is 363 g/mol. The van der Waals surface area contributed by atoms with E-state index in [1.54, 1.807) is 18.9 Å². The molecule has 2 unspecified atom stereocenters. The molecule has 1 aromatic carbocycles. The second kappa shape index (κ2) is 8.00. The van der Waals surface area contributed by atoms with Crippen LogP contribution in [0.1, 0.15) is 37.7 Å². The molecule has 5 heteroatoms. The van der Waals surface area contributed by atoms with E-state index in [9.17, 15) is 4.79 Å². The van der Waals surface area contributed by atoms with Crippen LogP contribution in [-0.4, -0.2) is 37.3 Å². The van der Waals surface area contributed by atoms with Crippen LogP contribution >= 0.6 is 11.8 Å². The number of carbonyl (C=O) groups is 1. The van der Waals surface area contributed by atoms with Gasteiger partial charge in [-0.1, -0.05) is 12.5 Å². The number of rotatable bonds is 5. The number of nitrogens with two attached hydrogens (primary N) is 1. The summed E-state index contributed by atoms with van der Waals surface area (Å²) in [4.78, 5) is 16.0. The molecule has 0 radical (unpaired) electrons. The van der Waals surface area contributed by atoms with Gasteiger partial charge in [0.25, 0.3) is 0 Å². The van der Waals surface area contributed by atoms with Gasteiger partial charge in [-0.3, -0.25) is 4.79 Å². The molecule has 0 spiro atoms. The Labute approximate surface area is 155 Å². The van der Waals surface area contributed by atoms with Gasteiger partial charge in [0.2, 0.25) is 5.91 Å². The molecule has 0 aromatic heterocycles. The number of nitrogens with zero attached hydrogens (tertiary/aromatic N) is 1. The minimum atomic E-state index is 0.146. The molecule has 138 valence electrons. The molecule has 2 aliphatic carbocycles. The molecule has 2 saturated carbocycles. The first-order chi connectivity index (χ1) is 12.0. The highest BCUT2D eigenvalue weighted by atomic mass is 32.2. The highest BCUT2D eigenvalue weighted by Crippen LogP contribution is 2.42. The van der Waals surface area contributed by atoms with Crippen molar-refractivity contribution in [3.05, 3.63) is 23.8 Å². The lowest BCUT2D eigenvalue weighted by atomic mass is 9.65. The number of benzene rings is 1. The first kappa shape index (κ1) is 18.6. The van der Waals surface area contributed by atoms with E-state index in [0.29, 0.717) is 24.4 Å². The maximum atomic E-state index is 13.0. The number of ether oxygens (including phenoxy) is 1. The molecule has 2 bridgehead atoms. The fourth-order valence-corrected chi connectivity index (χ4v) is 5.18. The second-order valence-corrected chi connectivity index (χ2v) is 8.43. The van der Waals surface area contributed by atoms with Gasteiger partial charge in [0, 0.05) is 30.4 Å². The lowest BCUT2D eigenvalue weighted by Gasteiger charge is -2.44.